The number of esters is 1. The number of carbonyl (C=O) groups excluding carboxylic acids is 2. The third-order valence-electron chi connectivity index (χ3n) is 3.08. The van der Waals surface area contributed by atoms with Gasteiger partial charge in [0.05, 0.1) is 19.8 Å². The minimum atomic E-state index is -0.711. The number of benzene rings is 2. The van der Waals surface area contributed by atoms with Crippen LogP contribution in [0.25, 0.3) is 0 Å². The van der Waals surface area contributed by atoms with Gasteiger partial charge in [0.25, 0.3) is 5.91 Å². The van der Waals surface area contributed by atoms with Crippen molar-refractivity contribution in [3.63, 3.8) is 0 Å². The Hall–Kier alpha value is -3.09. The van der Waals surface area contributed by atoms with E-state index in [9.17, 15) is 14.0 Å². The van der Waals surface area contributed by atoms with E-state index in [0.29, 0.717) is 17.2 Å². The summed E-state index contributed by atoms with van der Waals surface area (Å²) in [5.74, 6) is -0.704. The Balaban J connectivity index is 1.91. The fourth-order valence-electron chi connectivity index (χ4n) is 1.91. The topological polar surface area (TPSA) is 73.9 Å². The molecule has 0 spiro atoms. The van der Waals surface area contributed by atoms with Crippen LogP contribution < -0.4 is 14.8 Å². The molecule has 0 aliphatic heterocycles. The van der Waals surface area contributed by atoms with E-state index in [2.05, 4.69) is 5.32 Å². The number of ether oxygens (including phenoxy) is 3. The van der Waals surface area contributed by atoms with Crippen LogP contribution >= 0.6 is 0 Å². The second-order valence-electron chi connectivity index (χ2n) is 4.70. The molecular weight excluding hydrogens is 317 g/mol. The van der Waals surface area contributed by atoms with Crippen LogP contribution in [0.3, 0.4) is 0 Å². The van der Waals surface area contributed by atoms with Crippen LogP contribution in [0.4, 0.5) is 10.1 Å². The van der Waals surface area contributed by atoms with Gasteiger partial charge in [-0.1, -0.05) is 0 Å². The molecule has 0 fully saturated rings. The fourth-order valence-corrected chi connectivity index (χ4v) is 1.91. The molecule has 0 atom stereocenters. The molecule has 0 aliphatic carbocycles. The minimum absolute atomic E-state index is 0.162. The normalized spacial score (nSPS) is 9.96. The third kappa shape index (κ3) is 4.45. The SMILES string of the molecule is COc1ccc(NC(=O)COC(=O)c2ccc(F)cc2)cc1OC. The Morgan fingerprint density at radius 3 is 2.29 bits per heavy atom. The summed E-state index contributed by atoms with van der Waals surface area (Å²) in [7, 11) is 2.99. The van der Waals surface area contributed by atoms with E-state index in [1.165, 1.54) is 26.4 Å². The summed E-state index contributed by atoms with van der Waals surface area (Å²) in [5.41, 5.74) is 0.630. The zero-order chi connectivity index (χ0) is 17.5. The number of anilines is 1. The van der Waals surface area contributed by atoms with Gasteiger partial charge in [-0.05, 0) is 36.4 Å². The summed E-state index contributed by atoms with van der Waals surface area (Å²) >= 11 is 0. The maximum Gasteiger partial charge on any atom is 0.338 e. The van der Waals surface area contributed by atoms with Gasteiger partial charge in [0.2, 0.25) is 0 Å². The van der Waals surface area contributed by atoms with Gasteiger partial charge in [0.15, 0.2) is 18.1 Å². The van der Waals surface area contributed by atoms with Crippen molar-refractivity contribution >= 4 is 17.6 Å². The third-order valence-corrected chi connectivity index (χ3v) is 3.08. The second kappa shape index (κ2) is 7.96. The van der Waals surface area contributed by atoms with Gasteiger partial charge in [-0.2, -0.15) is 0 Å². The van der Waals surface area contributed by atoms with E-state index in [1.807, 2.05) is 0 Å². The number of halogens is 1. The maximum absolute atomic E-state index is 12.8. The Bertz CT molecular complexity index is 730. The molecule has 0 bridgehead atoms. The van der Waals surface area contributed by atoms with Crippen molar-refractivity contribution in [3.05, 3.63) is 53.8 Å². The number of hydrogen-bond donors (Lipinski definition) is 1. The predicted octanol–water partition coefficient (Wildman–Crippen LogP) is 2.64. The first-order chi connectivity index (χ1) is 11.5. The van der Waals surface area contributed by atoms with Gasteiger partial charge in [-0.3, -0.25) is 4.79 Å². The van der Waals surface area contributed by atoms with Gasteiger partial charge < -0.3 is 19.5 Å². The van der Waals surface area contributed by atoms with Crippen molar-refractivity contribution in [2.75, 3.05) is 26.1 Å². The summed E-state index contributed by atoms with van der Waals surface area (Å²) in [4.78, 5) is 23.6. The lowest BCUT2D eigenvalue weighted by Crippen LogP contribution is -2.21. The maximum atomic E-state index is 12.8. The monoisotopic (exact) mass is 333 g/mol. The molecule has 6 nitrogen and oxygen atoms in total. The zero-order valence-corrected chi connectivity index (χ0v) is 13.2. The molecule has 0 aliphatic rings. The number of methoxy groups -OCH3 is 2. The molecule has 2 aromatic carbocycles. The zero-order valence-electron chi connectivity index (χ0n) is 13.2. The number of hydrogen-bond acceptors (Lipinski definition) is 5. The first-order valence-electron chi connectivity index (χ1n) is 6.98. The van der Waals surface area contributed by atoms with E-state index < -0.39 is 24.3 Å². The number of rotatable bonds is 6. The summed E-state index contributed by atoms with van der Waals surface area (Å²) in [5, 5.41) is 2.57. The van der Waals surface area contributed by atoms with Gasteiger partial charge in [-0.15, -0.1) is 0 Å². The fraction of sp³-hybridized carbons (Fsp3) is 0.176. The van der Waals surface area contributed by atoms with Crippen LogP contribution in [-0.2, 0) is 9.53 Å². The van der Waals surface area contributed by atoms with Crippen molar-refractivity contribution < 1.29 is 28.2 Å². The Morgan fingerprint density at radius 1 is 1.00 bits per heavy atom. The standard InChI is InChI=1S/C17H16FNO5/c1-22-14-8-7-13(9-15(14)23-2)19-16(20)10-24-17(21)11-3-5-12(18)6-4-11/h3-9H,10H2,1-2H3,(H,19,20). The Labute approximate surface area is 138 Å². The highest BCUT2D eigenvalue weighted by atomic mass is 19.1. The van der Waals surface area contributed by atoms with Crippen molar-refractivity contribution in [1.29, 1.82) is 0 Å². The van der Waals surface area contributed by atoms with E-state index in [1.54, 1.807) is 18.2 Å². The first-order valence-corrected chi connectivity index (χ1v) is 6.98. The molecule has 2 aromatic rings. The van der Waals surface area contributed by atoms with Crippen LogP contribution in [0.2, 0.25) is 0 Å². The highest BCUT2D eigenvalue weighted by Crippen LogP contribution is 2.29. The molecule has 2 rings (SSSR count). The second-order valence-corrected chi connectivity index (χ2v) is 4.70. The van der Waals surface area contributed by atoms with Crippen LogP contribution in [0.5, 0.6) is 11.5 Å². The van der Waals surface area contributed by atoms with Crippen LogP contribution in [0.15, 0.2) is 42.5 Å². The van der Waals surface area contributed by atoms with Crippen molar-refractivity contribution in [1.82, 2.24) is 0 Å². The van der Waals surface area contributed by atoms with Gasteiger partial charge in [0.1, 0.15) is 5.82 Å². The van der Waals surface area contributed by atoms with E-state index in [0.717, 1.165) is 12.1 Å². The van der Waals surface area contributed by atoms with Crippen molar-refractivity contribution in [2.24, 2.45) is 0 Å². The molecule has 0 radical (unpaired) electrons. The van der Waals surface area contributed by atoms with Gasteiger partial charge in [0, 0.05) is 11.8 Å². The summed E-state index contributed by atoms with van der Waals surface area (Å²) < 4.78 is 27.9. The highest BCUT2D eigenvalue weighted by molar-refractivity contribution is 5.95. The van der Waals surface area contributed by atoms with Gasteiger partial charge in [-0.25, -0.2) is 9.18 Å². The molecule has 0 heterocycles. The highest BCUT2D eigenvalue weighted by Gasteiger charge is 2.11. The lowest BCUT2D eigenvalue weighted by atomic mass is 10.2. The van der Waals surface area contributed by atoms with E-state index >= 15 is 0 Å². The summed E-state index contributed by atoms with van der Waals surface area (Å²) in [6.45, 7) is -0.468. The molecule has 126 valence electrons. The lowest BCUT2D eigenvalue weighted by Gasteiger charge is -2.10. The quantitative estimate of drug-likeness (QED) is 0.823. The molecule has 1 amide bonds. The molecule has 1 N–H and O–H groups in total. The van der Waals surface area contributed by atoms with Crippen molar-refractivity contribution in [3.8, 4) is 11.5 Å². The summed E-state index contributed by atoms with van der Waals surface area (Å²) in [6.07, 6.45) is 0. The van der Waals surface area contributed by atoms with Crippen LogP contribution in [0.1, 0.15) is 10.4 Å². The molecular formula is C17H16FNO5. The molecule has 0 unspecified atom stereocenters. The molecule has 0 aromatic heterocycles. The summed E-state index contributed by atoms with van der Waals surface area (Å²) in [6, 6.07) is 9.69. The lowest BCUT2D eigenvalue weighted by molar-refractivity contribution is -0.119. The average Bonchev–Trinajstić information content (AvgIpc) is 2.60. The van der Waals surface area contributed by atoms with E-state index in [4.69, 9.17) is 14.2 Å². The predicted molar refractivity (Wildman–Crippen MR) is 84.9 cm³/mol. The first kappa shape index (κ1) is 17.3. The largest absolute Gasteiger partial charge is 0.493 e. The Kier molecular flexibility index (Phi) is 5.73. The smallest absolute Gasteiger partial charge is 0.338 e. The molecule has 24 heavy (non-hydrogen) atoms. The molecule has 7 heteroatoms. The molecule has 0 saturated heterocycles. The van der Waals surface area contributed by atoms with E-state index in [-0.39, 0.29) is 5.56 Å². The number of amides is 1. The van der Waals surface area contributed by atoms with Crippen LogP contribution in [-0.4, -0.2) is 32.7 Å². The number of nitrogens with one attached hydrogen (secondary N) is 1. The minimum Gasteiger partial charge on any atom is -0.493 e. The Morgan fingerprint density at radius 2 is 1.67 bits per heavy atom. The van der Waals surface area contributed by atoms with Crippen molar-refractivity contribution in [2.45, 2.75) is 0 Å². The molecule has 0 saturated carbocycles. The number of carbonyl (C=O) groups is 2. The average molecular weight is 333 g/mol. The van der Waals surface area contributed by atoms with Crippen LogP contribution in [0, 0.1) is 5.82 Å². The van der Waals surface area contributed by atoms with Gasteiger partial charge >= 0.3 is 5.97 Å².